The monoisotopic (exact) mass is 182 g/mol. The molecule has 0 amide bonds. The molecule has 1 rings (SSSR count). The van der Waals surface area contributed by atoms with Crippen LogP contribution >= 0.6 is 0 Å². The molecule has 1 atom stereocenters. The van der Waals surface area contributed by atoms with E-state index < -0.39 is 11.9 Å². The Labute approximate surface area is 77.8 Å². The maximum atomic E-state index is 11.3. The van der Waals surface area contributed by atoms with Gasteiger partial charge in [0.15, 0.2) is 5.78 Å². The first-order valence-corrected chi connectivity index (χ1v) is 4.27. The van der Waals surface area contributed by atoms with Crippen molar-refractivity contribution >= 4 is 11.8 Å². The number of esters is 1. The molecule has 0 aromatic heterocycles. The molecule has 3 heteroatoms. The molecular weight excluding hydrogens is 168 g/mol. The van der Waals surface area contributed by atoms with Gasteiger partial charge in [0.25, 0.3) is 0 Å². The highest BCUT2D eigenvalue weighted by Gasteiger charge is 2.34. The number of ketones is 1. The molecule has 13 heavy (non-hydrogen) atoms. The fourth-order valence-electron chi connectivity index (χ4n) is 1.46. The Morgan fingerprint density at radius 1 is 1.62 bits per heavy atom. The largest absolute Gasteiger partial charge is 0.468 e. The zero-order chi connectivity index (χ0) is 10.1. The van der Waals surface area contributed by atoms with Crippen LogP contribution in [0.3, 0.4) is 0 Å². The molecule has 0 bridgehead atoms. The first kappa shape index (κ1) is 9.96. The number of hydrogen-bond donors (Lipinski definition) is 0. The smallest absolute Gasteiger partial charge is 0.316 e. The molecule has 0 saturated heterocycles. The normalized spacial score (nSPS) is 25.8. The van der Waals surface area contributed by atoms with E-state index >= 15 is 0 Å². The number of carbonyl (C=O) groups is 2. The summed E-state index contributed by atoms with van der Waals surface area (Å²) in [7, 11) is 1.31. The lowest BCUT2D eigenvalue weighted by atomic mass is 9.76. The van der Waals surface area contributed by atoms with Gasteiger partial charge >= 0.3 is 5.97 Å². The highest BCUT2D eigenvalue weighted by Crippen LogP contribution is 2.32. The predicted molar refractivity (Wildman–Crippen MR) is 48.1 cm³/mol. The van der Waals surface area contributed by atoms with Crippen LogP contribution in [0.25, 0.3) is 0 Å². The molecule has 0 fully saturated rings. The maximum Gasteiger partial charge on any atom is 0.316 e. The molecule has 1 aliphatic carbocycles. The van der Waals surface area contributed by atoms with E-state index in [9.17, 15) is 9.59 Å². The molecule has 0 heterocycles. The Morgan fingerprint density at radius 3 is 2.77 bits per heavy atom. The van der Waals surface area contributed by atoms with Crippen LogP contribution in [-0.2, 0) is 14.3 Å². The number of rotatable bonds is 1. The number of hydrogen-bond acceptors (Lipinski definition) is 3. The minimum Gasteiger partial charge on any atom is -0.468 e. The molecule has 72 valence electrons. The summed E-state index contributed by atoms with van der Waals surface area (Å²) in [4.78, 5) is 22.5. The third kappa shape index (κ3) is 2.17. The number of ether oxygens (including phenoxy) is 1. The fraction of sp³-hybridized carbons (Fsp3) is 0.600. The van der Waals surface area contributed by atoms with Gasteiger partial charge in [-0.3, -0.25) is 9.59 Å². The molecule has 0 aromatic carbocycles. The second-order valence-electron chi connectivity index (χ2n) is 4.00. The van der Waals surface area contributed by atoms with Gasteiger partial charge in [-0.25, -0.2) is 0 Å². The van der Waals surface area contributed by atoms with Gasteiger partial charge in [-0.1, -0.05) is 19.9 Å². The van der Waals surface area contributed by atoms with Crippen molar-refractivity contribution in [1.29, 1.82) is 0 Å². The maximum absolute atomic E-state index is 11.3. The third-order valence-electron chi connectivity index (χ3n) is 2.26. The van der Waals surface area contributed by atoms with Crippen molar-refractivity contribution in [1.82, 2.24) is 0 Å². The standard InChI is InChI=1S/C10H14O3/c1-10(2)5-4-8(11)7(6-10)9(12)13-3/h4-5,7H,6H2,1-3H3. The first-order valence-electron chi connectivity index (χ1n) is 4.27. The van der Waals surface area contributed by atoms with Crippen molar-refractivity contribution in [3.63, 3.8) is 0 Å². The number of allylic oxidation sites excluding steroid dienone is 2. The number of carbonyl (C=O) groups excluding carboxylic acids is 2. The van der Waals surface area contributed by atoms with Crippen LogP contribution < -0.4 is 0 Å². The predicted octanol–water partition coefficient (Wildman–Crippen LogP) is 1.33. The summed E-state index contributed by atoms with van der Waals surface area (Å²) >= 11 is 0. The lowest BCUT2D eigenvalue weighted by molar-refractivity contribution is -0.149. The zero-order valence-electron chi connectivity index (χ0n) is 8.16. The SMILES string of the molecule is COC(=O)C1CC(C)(C)C=CC1=O. The second kappa shape index (κ2) is 3.32. The van der Waals surface area contributed by atoms with E-state index in [1.165, 1.54) is 13.2 Å². The quantitative estimate of drug-likeness (QED) is 0.454. The van der Waals surface area contributed by atoms with E-state index in [1.54, 1.807) is 0 Å². The Hall–Kier alpha value is -1.12. The molecule has 0 spiro atoms. The fourth-order valence-corrected chi connectivity index (χ4v) is 1.46. The van der Waals surface area contributed by atoms with Crippen molar-refractivity contribution in [2.75, 3.05) is 7.11 Å². The summed E-state index contributed by atoms with van der Waals surface area (Å²) in [6.45, 7) is 3.98. The van der Waals surface area contributed by atoms with Crippen LogP contribution in [0.5, 0.6) is 0 Å². The summed E-state index contributed by atoms with van der Waals surface area (Å²) < 4.78 is 4.56. The van der Waals surface area contributed by atoms with Crippen LogP contribution in [0.1, 0.15) is 20.3 Å². The Kier molecular flexibility index (Phi) is 2.55. The lowest BCUT2D eigenvalue weighted by Crippen LogP contribution is -2.32. The minimum atomic E-state index is -0.606. The molecule has 0 radical (unpaired) electrons. The Balaban J connectivity index is 2.84. The summed E-state index contributed by atoms with van der Waals surface area (Å²) in [6, 6.07) is 0. The van der Waals surface area contributed by atoms with Crippen LogP contribution in [0.2, 0.25) is 0 Å². The van der Waals surface area contributed by atoms with E-state index in [2.05, 4.69) is 4.74 Å². The van der Waals surface area contributed by atoms with E-state index in [0.717, 1.165) is 0 Å². The van der Waals surface area contributed by atoms with E-state index in [-0.39, 0.29) is 11.2 Å². The third-order valence-corrected chi connectivity index (χ3v) is 2.26. The van der Waals surface area contributed by atoms with Gasteiger partial charge in [0.05, 0.1) is 7.11 Å². The summed E-state index contributed by atoms with van der Waals surface area (Å²) in [5.41, 5.74) is -0.0905. The minimum absolute atomic E-state index is 0.0905. The van der Waals surface area contributed by atoms with Crippen LogP contribution in [-0.4, -0.2) is 18.9 Å². The summed E-state index contributed by atoms with van der Waals surface area (Å²) in [5, 5.41) is 0. The van der Waals surface area contributed by atoms with Crippen LogP contribution in [0, 0.1) is 11.3 Å². The first-order chi connectivity index (χ1) is 5.96. The molecule has 0 aromatic rings. The van der Waals surface area contributed by atoms with Crippen molar-refractivity contribution in [3.05, 3.63) is 12.2 Å². The van der Waals surface area contributed by atoms with E-state index in [0.29, 0.717) is 6.42 Å². The molecule has 1 unspecified atom stereocenters. The average molecular weight is 182 g/mol. The average Bonchev–Trinajstić information content (AvgIpc) is 2.08. The highest BCUT2D eigenvalue weighted by molar-refractivity contribution is 6.05. The zero-order valence-corrected chi connectivity index (χ0v) is 8.16. The van der Waals surface area contributed by atoms with Gasteiger partial charge in [-0.05, 0) is 17.9 Å². The second-order valence-corrected chi connectivity index (χ2v) is 4.00. The molecule has 0 N–H and O–H groups in total. The summed E-state index contributed by atoms with van der Waals surface area (Å²) in [6.07, 6.45) is 3.86. The topological polar surface area (TPSA) is 43.4 Å². The van der Waals surface area contributed by atoms with Gasteiger partial charge in [0.1, 0.15) is 5.92 Å². The lowest BCUT2D eigenvalue weighted by Gasteiger charge is -2.27. The van der Waals surface area contributed by atoms with Crippen molar-refractivity contribution in [2.24, 2.45) is 11.3 Å². The van der Waals surface area contributed by atoms with Gasteiger partial charge in [0.2, 0.25) is 0 Å². The molecular formula is C10H14O3. The molecule has 1 aliphatic rings. The van der Waals surface area contributed by atoms with Gasteiger partial charge < -0.3 is 4.74 Å². The van der Waals surface area contributed by atoms with Crippen LogP contribution in [0.4, 0.5) is 0 Å². The van der Waals surface area contributed by atoms with Crippen molar-refractivity contribution in [2.45, 2.75) is 20.3 Å². The van der Waals surface area contributed by atoms with E-state index in [4.69, 9.17) is 0 Å². The van der Waals surface area contributed by atoms with Gasteiger partial charge in [-0.15, -0.1) is 0 Å². The van der Waals surface area contributed by atoms with Crippen molar-refractivity contribution in [3.8, 4) is 0 Å². The van der Waals surface area contributed by atoms with Crippen molar-refractivity contribution < 1.29 is 14.3 Å². The highest BCUT2D eigenvalue weighted by atomic mass is 16.5. The molecule has 0 saturated carbocycles. The van der Waals surface area contributed by atoms with E-state index in [1.807, 2.05) is 19.9 Å². The van der Waals surface area contributed by atoms with Crippen LogP contribution in [0.15, 0.2) is 12.2 Å². The van der Waals surface area contributed by atoms with Gasteiger partial charge in [0, 0.05) is 0 Å². The molecule has 0 aliphatic heterocycles. The Bertz CT molecular complexity index is 263. The molecule has 3 nitrogen and oxygen atoms in total. The summed E-state index contributed by atoms with van der Waals surface area (Å²) in [5.74, 6) is -1.18. The Morgan fingerprint density at radius 2 is 2.23 bits per heavy atom. The number of methoxy groups -OCH3 is 1. The van der Waals surface area contributed by atoms with Gasteiger partial charge in [-0.2, -0.15) is 0 Å².